The average Bonchev–Trinajstić information content (AvgIpc) is 2.51. The fourth-order valence-electron chi connectivity index (χ4n) is 2.80. The molecule has 1 heterocycles. The molecule has 1 saturated carbocycles. The van der Waals surface area contributed by atoms with Gasteiger partial charge < -0.3 is 10.0 Å². The molecule has 2 aliphatic rings. The lowest BCUT2D eigenvalue weighted by Gasteiger charge is -2.38. The molecule has 1 aliphatic heterocycles. The molecule has 0 spiro atoms. The Morgan fingerprint density at radius 2 is 1.88 bits per heavy atom. The molecule has 1 saturated heterocycles. The van der Waals surface area contributed by atoms with Crippen molar-refractivity contribution in [3.05, 3.63) is 0 Å². The van der Waals surface area contributed by atoms with Crippen molar-refractivity contribution in [3.63, 3.8) is 0 Å². The van der Waals surface area contributed by atoms with Gasteiger partial charge in [-0.05, 0) is 24.7 Å². The van der Waals surface area contributed by atoms with Gasteiger partial charge in [0.1, 0.15) is 0 Å². The molecule has 2 rings (SSSR count). The number of hydrogen-bond donors (Lipinski definition) is 1. The molecule has 0 aromatic heterocycles. The van der Waals surface area contributed by atoms with Crippen LogP contribution in [-0.4, -0.2) is 35.0 Å². The summed E-state index contributed by atoms with van der Waals surface area (Å²) in [5.74, 6) is -0.770. The zero-order chi connectivity index (χ0) is 12.7. The average molecular weight is 239 g/mol. The smallest absolute Gasteiger partial charge is 0.310 e. The Morgan fingerprint density at radius 3 is 2.24 bits per heavy atom. The Bertz CT molecular complexity index is 345. The summed E-state index contributed by atoms with van der Waals surface area (Å²) >= 11 is 0. The van der Waals surface area contributed by atoms with Crippen molar-refractivity contribution in [3.8, 4) is 0 Å². The van der Waals surface area contributed by atoms with E-state index in [1.807, 2.05) is 4.90 Å². The van der Waals surface area contributed by atoms with Crippen LogP contribution < -0.4 is 0 Å². The van der Waals surface area contributed by atoms with Crippen LogP contribution in [0.3, 0.4) is 0 Å². The lowest BCUT2D eigenvalue weighted by atomic mass is 9.66. The van der Waals surface area contributed by atoms with Gasteiger partial charge in [0.05, 0.1) is 5.41 Å². The Balaban J connectivity index is 1.96. The summed E-state index contributed by atoms with van der Waals surface area (Å²) in [6.07, 6.45) is 3.46. The Kier molecular flexibility index (Phi) is 2.92. The van der Waals surface area contributed by atoms with Gasteiger partial charge in [-0.25, -0.2) is 0 Å². The number of carboxylic acids is 1. The summed E-state index contributed by atoms with van der Waals surface area (Å²) in [7, 11) is 0. The van der Waals surface area contributed by atoms with E-state index in [4.69, 9.17) is 0 Å². The maximum atomic E-state index is 12.1. The Hall–Kier alpha value is -1.06. The zero-order valence-corrected chi connectivity index (χ0v) is 10.7. The molecule has 1 aliphatic carbocycles. The van der Waals surface area contributed by atoms with Gasteiger partial charge in [0, 0.05) is 19.5 Å². The minimum Gasteiger partial charge on any atom is -0.481 e. The highest BCUT2D eigenvalue weighted by Crippen LogP contribution is 2.45. The highest BCUT2D eigenvalue weighted by Gasteiger charge is 2.47. The minimum atomic E-state index is -0.796. The second-order valence-electron chi connectivity index (χ2n) is 6.35. The predicted octanol–water partition coefficient (Wildman–Crippen LogP) is 1.89. The van der Waals surface area contributed by atoms with Crippen LogP contribution >= 0.6 is 0 Å². The number of carbonyl (C=O) groups is 2. The van der Waals surface area contributed by atoms with Crippen molar-refractivity contribution in [2.45, 2.75) is 46.0 Å². The van der Waals surface area contributed by atoms with Crippen molar-refractivity contribution >= 4 is 11.9 Å². The Morgan fingerprint density at radius 1 is 1.24 bits per heavy atom. The topological polar surface area (TPSA) is 57.6 Å². The lowest BCUT2D eigenvalue weighted by Crippen LogP contribution is -2.43. The first kappa shape index (κ1) is 12.4. The van der Waals surface area contributed by atoms with Crippen LogP contribution in [0, 0.1) is 10.8 Å². The molecule has 4 nitrogen and oxygen atoms in total. The third kappa shape index (κ3) is 2.31. The van der Waals surface area contributed by atoms with E-state index in [0.29, 0.717) is 12.8 Å². The standard InChI is InChI=1S/C13H21NO3/c1-12(2)6-7-14(9-12)10(15)8-13(11(16)17)4-3-5-13/h3-9H2,1-2H3,(H,16,17). The molecule has 0 radical (unpaired) electrons. The highest BCUT2D eigenvalue weighted by molar-refractivity contribution is 5.85. The highest BCUT2D eigenvalue weighted by atomic mass is 16.4. The number of hydrogen-bond acceptors (Lipinski definition) is 2. The quantitative estimate of drug-likeness (QED) is 0.818. The number of carboxylic acid groups (broad SMARTS) is 1. The second-order valence-corrected chi connectivity index (χ2v) is 6.35. The van der Waals surface area contributed by atoms with Gasteiger partial charge >= 0.3 is 5.97 Å². The van der Waals surface area contributed by atoms with Crippen LogP contribution in [0.5, 0.6) is 0 Å². The van der Waals surface area contributed by atoms with Crippen LogP contribution in [-0.2, 0) is 9.59 Å². The monoisotopic (exact) mass is 239 g/mol. The number of amides is 1. The first-order valence-corrected chi connectivity index (χ1v) is 6.36. The fourth-order valence-corrected chi connectivity index (χ4v) is 2.80. The Labute approximate surface area is 102 Å². The lowest BCUT2D eigenvalue weighted by molar-refractivity contribution is -0.159. The van der Waals surface area contributed by atoms with Gasteiger partial charge in [-0.15, -0.1) is 0 Å². The van der Waals surface area contributed by atoms with Gasteiger partial charge in [-0.1, -0.05) is 20.3 Å². The molecule has 4 heteroatoms. The SMILES string of the molecule is CC1(C)CCN(C(=O)CC2(C(=O)O)CCC2)C1. The fraction of sp³-hybridized carbons (Fsp3) is 0.846. The molecule has 2 fully saturated rings. The van der Waals surface area contributed by atoms with Crippen LogP contribution in [0.4, 0.5) is 0 Å². The molecule has 96 valence electrons. The normalized spacial score (nSPS) is 25.4. The van der Waals surface area contributed by atoms with Gasteiger partial charge in [0.2, 0.25) is 5.91 Å². The van der Waals surface area contributed by atoms with Crippen LogP contribution in [0.2, 0.25) is 0 Å². The van der Waals surface area contributed by atoms with Crippen molar-refractivity contribution in [2.75, 3.05) is 13.1 Å². The number of aliphatic carboxylic acids is 1. The zero-order valence-electron chi connectivity index (χ0n) is 10.7. The first-order chi connectivity index (χ1) is 7.85. The number of rotatable bonds is 3. The van der Waals surface area contributed by atoms with Crippen molar-refractivity contribution in [1.29, 1.82) is 0 Å². The van der Waals surface area contributed by atoms with E-state index < -0.39 is 11.4 Å². The second kappa shape index (κ2) is 4.00. The number of likely N-dealkylation sites (tertiary alicyclic amines) is 1. The third-order valence-electron chi connectivity index (χ3n) is 4.28. The molecule has 1 N–H and O–H groups in total. The molecule has 0 aromatic rings. The summed E-state index contributed by atoms with van der Waals surface area (Å²) in [4.78, 5) is 25.2. The number of nitrogens with zero attached hydrogens (tertiary/aromatic N) is 1. The van der Waals surface area contributed by atoms with E-state index in [2.05, 4.69) is 13.8 Å². The summed E-state index contributed by atoms with van der Waals surface area (Å²) in [6.45, 7) is 5.84. The minimum absolute atomic E-state index is 0.0256. The largest absolute Gasteiger partial charge is 0.481 e. The third-order valence-corrected chi connectivity index (χ3v) is 4.28. The van der Waals surface area contributed by atoms with Gasteiger partial charge in [-0.2, -0.15) is 0 Å². The van der Waals surface area contributed by atoms with E-state index >= 15 is 0 Å². The summed E-state index contributed by atoms with van der Waals surface area (Å²) < 4.78 is 0. The molecular weight excluding hydrogens is 218 g/mol. The van der Waals surface area contributed by atoms with E-state index in [1.165, 1.54) is 0 Å². The van der Waals surface area contributed by atoms with Gasteiger partial charge in [-0.3, -0.25) is 9.59 Å². The molecule has 17 heavy (non-hydrogen) atoms. The van der Waals surface area contributed by atoms with Crippen LogP contribution in [0.25, 0.3) is 0 Å². The number of carbonyl (C=O) groups excluding carboxylic acids is 1. The maximum Gasteiger partial charge on any atom is 0.310 e. The summed E-state index contributed by atoms with van der Waals surface area (Å²) in [5.41, 5.74) is -0.560. The summed E-state index contributed by atoms with van der Waals surface area (Å²) in [6, 6.07) is 0. The van der Waals surface area contributed by atoms with E-state index in [0.717, 1.165) is 25.9 Å². The molecular formula is C13H21NO3. The van der Waals surface area contributed by atoms with Crippen LogP contribution in [0.1, 0.15) is 46.0 Å². The first-order valence-electron chi connectivity index (χ1n) is 6.36. The van der Waals surface area contributed by atoms with E-state index in [1.54, 1.807) is 0 Å². The maximum absolute atomic E-state index is 12.1. The summed E-state index contributed by atoms with van der Waals surface area (Å²) in [5, 5.41) is 9.21. The van der Waals surface area contributed by atoms with Crippen molar-refractivity contribution in [2.24, 2.45) is 10.8 Å². The van der Waals surface area contributed by atoms with E-state index in [9.17, 15) is 14.7 Å². The van der Waals surface area contributed by atoms with Crippen LogP contribution in [0.15, 0.2) is 0 Å². The van der Waals surface area contributed by atoms with Gasteiger partial charge in [0.25, 0.3) is 0 Å². The predicted molar refractivity (Wildman–Crippen MR) is 63.5 cm³/mol. The molecule has 1 amide bonds. The van der Waals surface area contributed by atoms with Crippen molar-refractivity contribution in [1.82, 2.24) is 4.90 Å². The molecule has 0 unspecified atom stereocenters. The molecule has 0 bridgehead atoms. The molecule has 0 atom stereocenters. The van der Waals surface area contributed by atoms with E-state index in [-0.39, 0.29) is 17.7 Å². The molecule has 0 aromatic carbocycles. The van der Waals surface area contributed by atoms with Crippen molar-refractivity contribution < 1.29 is 14.7 Å². The van der Waals surface area contributed by atoms with Gasteiger partial charge in [0.15, 0.2) is 0 Å².